The molecule has 0 aromatic heterocycles. The van der Waals surface area contributed by atoms with E-state index in [9.17, 15) is 5.11 Å². The molecule has 1 atom stereocenters. The maximum absolute atomic E-state index is 9.78. The zero-order valence-corrected chi connectivity index (χ0v) is 10.4. The normalized spacial score (nSPS) is 17.5. The molecule has 2 N–H and O–H groups in total. The lowest BCUT2D eigenvalue weighted by atomic mass is 9.93. The van der Waals surface area contributed by atoms with Gasteiger partial charge in [-0.3, -0.25) is 0 Å². The van der Waals surface area contributed by atoms with Gasteiger partial charge >= 0.3 is 0 Å². The van der Waals surface area contributed by atoms with Crippen LogP contribution in [0, 0.1) is 6.92 Å². The molecule has 1 aromatic rings. The molecule has 0 aliphatic heterocycles. The van der Waals surface area contributed by atoms with Crippen LogP contribution in [-0.4, -0.2) is 30.4 Å². The fourth-order valence-corrected chi connectivity index (χ4v) is 1.88. The Kier molecular flexibility index (Phi) is 4.40. The van der Waals surface area contributed by atoms with Gasteiger partial charge in [-0.15, -0.1) is 0 Å². The lowest BCUT2D eigenvalue weighted by Gasteiger charge is -2.27. The summed E-state index contributed by atoms with van der Waals surface area (Å²) >= 11 is 0. The lowest BCUT2D eigenvalue weighted by Crippen LogP contribution is -2.41. The molecule has 17 heavy (non-hydrogen) atoms. The van der Waals surface area contributed by atoms with Gasteiger partial charge in [-0.05, 0) is 31.4 Å². The third-order valence-corrected chi connectivity index (χ3v) is 3.27. The number of hydrogen-bond acceptors (Lipinski definition) is 3. The van der Waals surface area contributed by atoms with Crippen LogP contribution in [0.2, 0.25) is 0 Å². The number of aliphatic hydroxyl groups excluding tert-OH is 1. The van der Waals surface area contributed by atoms with Crippen LogP contribution in [0.1, 0.15) is 24.8 Å². The van der Waals surface area contributed by atoms with E-state index in [4.69, 9.17) is 4.74 Å². The van der Waals surface area contributed by atoms with Gasteiger partial charge in [-0.1, -0.05) is 24.6 Å². The molecule has 0 spiro atoms. The molecule has 0 heterocycles. The van der Waals surface area contributed by atoms with Crippen molar-refractivity contribution in [1.82, 2.24) is 5.32 Å². The van der Waals surface area contributed by atoms with E-state index >= 15 is 0 Å². The van der Waals surface area contributed by atoms with Crippen LogP contribution in [0.25, 0.3) is 0 Å². The Bertz CT molecular complexity index is 350. The first-order chi connectivity index (χ1) is 8.25. The smallest absolute Gasteiger partial charge is 0.122 e. The molecular weight excluding hydrogens is 214 g/mol. The molecule has 1 aliphatic carbocycles. The van der Waals surface area contributed by atoms with Gasteiger partial charge < -0.3 is 15.2 Å². The van der Waals surface area contributed by atoms with Gasteiger partial charge in [0.25, 0.3) is 0 Å². The fraction of sp³-hybridized carbons (Fsp3) is 0.571. The first-order valence-corrected chi connectivity index (χ1v) is 6.35. The molecule has 1 unspecified atom stereocenters. The molecule has 1 saturated carbocycles. The molecule has 1 aliphatic rings. The number of nitrogens with one attached hydrogen (secondary N) is 1. The molecule has 3 nitrogen and oxygen atoms in total. The van der Waals surface area contributed by atoms with Crippen LogP contribution in [-0.2, 0) is 0 Å². The van der Waals surface area contributed by atoms with E-state index in [0.29, 0.717) is 19.2 Å². The standard InChI is InChI=1S/C14H21NO2/c1-11-5-2-3-8-14(11)17-10-13(16)9-15-12-6-4-7-12/h2-3,5,8,12-13,15-16H,4,6-7,9-10H2,1H3. The SMILES string of the molecule is Cc1ccccc1OCC(O)CNC1CCC1. The number of ether oxygens (including phenoxy) is 1. The summed E-state index contributed by atoms with van der Waals surface area (Å²) in [6, 6.07) is 8.48. The second-order valence-electron chi connectivity index (χ2n) is 4.77. The number of benzene rings is 1. The van der Waals surface area contributed by atoms with E-state index in [1.165, 1.54) is 19.3 Å². The summed E-state index contributed by atoms with van der Waals surface area (Å²) in [5.74, 6) is 0.857. The molecule has 0 bridgehead atoms. The van der Waals surface area contributed by atoms with E-state index < -0.39 is 6.10 Å². The third-order valence-electron chi connectivity index (χ3n) is 3.27. The van der Waals surface area contributed by atoms with E-state index in [0.717, 1.165) is 11.3 Å². The first kappa shape index (κ1) is 12.4. The Morgan fingerprint density at radius 3 is 2.82 bits per heavy atom. The van der Waals surface area contributed by atoms with Crippen molar-refractivity contribution in [1.29, 1.82) is 0 Å². The fourth-order valence-electron chi connectivity index (χ4n) is 1.88. The number of para-hydroxylation sites is 1. The third kappa shape index (κ3) is 3.72. The van der Waals surface area contributed by atoms with E-state index in [1.54, 1.807) is 0 Å². The van der Waals surface area contributed by atoms with Crippen molar-refractivity contribution in [2.75, 3.05) is 13.2 Å². The number of hydrogen-bond donors (Lipinski definition) is 2. The maximum Gasteiger partial charge on any atom is 0.122 e. The highest BCUT2D eigenvalue weighted by Gasteiger charge is 2.17. The predicted molar refractivity (Wildman–Crippen MR) is 68.3 cm³/mol. The highest BCUT2D eigenvalue weighted by Crippen LogP contribution is 2.18. The van der Waals surface area contributed by atoms with Crippen LogP contribution < -0.4 is 10.1 Å². The van der Waals surface area contributed by atoms with Crippen molar-refractivity contribution in [3.05, 3.63) is 29.8 Å². The minimum absolute atomic E-state index is 0.352. The Balaban J connectivity index is 1.68. The summed E-state index contributed by atoms with van der Waals surface area (Å²) in [6.07, 6.45) is 3.36. The van der Waals surface area contributed by atoms with Crippen LogP contribution in [0.15, 0.2) is 24.3 Å². The van der Waals surface area contributed by atoms with E-state index in [-0.39, 0.29) is 0 Å². The summed E-state index contributed by atoms with van der Waals surface area (Å²) in [5, 5.41) is 13.1. The molecular formula is C14H21NO2. The number of aryl methyl sites for hydroxylation is 1. The van der Waals surface area contributed by atoms with Gasteiger partial charge in [0.15, 0.2) is 0 Å². The van der Waals surface area contributed by atoms with Crippen LogP contribution >= 0.6 is 0 Å². The van der Waals surface area contributed by atoms with Crippen molar-refractivity contribution in [3.8, 4) is 5.75 Å². The van der Waals surface area contributed by atoms with Gasteiger partial charge in [0.05, 0.1) is 0 Å². The van der Waals surface area contributed by atoms with Crippen LogP contribution in [0.4, 0.5) is 0 Å². The topological polar surface area (TPSA) is 41.5 Å². The Morgan fingerprint density at radius 2 is 2.18 bits per heavy atom. The highest BCUT2D eigenvalue weighted by molar-refractivity contribution is 5.31. The monoisotopic (exact) mass is 235 g/mol. The van der Waals surface area contributed by atoms with Gasteiger partial charge in [0, 0.05) is 12.6 Å². The van der Waals surface area contributed by atoms with Gasteiger partial charge in [-0.2, -0.15) is 0 Å². The van der Waals surface area contributed by atoms with Crippen molar-refractivity contribution < 1.29 is 9.84 Å². The Morgan fingerprint density at radius 1 is 1.41 bits per heavy atom. The molecule has 2 rings (SSSR count). The van der Waals surface area contributed by atoms with Crippen LogP contribution in [0.5, 0.6) is 5.75 Å². The second-order valence-corrected chi connectivity index (χ2v) is 4.77. The molecule has 0 amide bonds. The lowest BCUT2D eigenvalue weighted by molar-refractivity contribution is 0.0994. The maximum atomic E-state index is 9.78. The molecule has 0 radical (unpaired) electrons. The minimum atomic E-state index is -0.435. The average molecular weight is 235 g/mol. The molecule has 1 fully saturated rings. The van der Waals surface area contributed by atoms with Gasteiger partial charge in [0.2, 0.25) is 0 Å². The van der Waals surface area contributed by atoms with Crippen molar-refractivity contribution >= 4 is 0 Å². The summed E-state index contributed by atoms with van der Waals surface area (Å²) < 4.78 is 5.59. The highest BCUT2D eigenvalue weighted by atomic mass is 16.5. The number of rotatable bonds is 6. The van der Waals surface area contributed by atoms with Crippen molar-refractivity contribution in [2.24, 2.45) is 0 Å². The van der Waals surface area contributed by atoms with Crippen molar-refractivity contribution in [3.63, 3.8) is 0 Å². The summed E-state index contributed by atoms with van der Waals surface area (Å²) in [5.41, 5.74) is 1.10. The summed E-state index contributed by atoms with van der Waals surface area (Å²) in [4.78, 5) is 0. The van der Waals surface area contributed by atoms with Crippen LogP contribution in [0.3, 0.4) is 0 Å². The van der Waals surface area contributed by atoms with E-state index in [2.05, 4.69) is 5.32 Å². The molecule has 94 valence electrons. The van der Waals surface area contributed by atoms with Gasteiger partial charge in [-0.25, -0.2) is 0 Å². The second kappa shape index (κ2) is 6.03. The molecule has 0 saturated heterocycles. The first-order valence-electron chi connectivity index (χ1n) is 6.35. The van der Waals surface area contributed by atoms with Gasteiger partial charge in [0.1, 0.15) is 18.5 Å². The summed E-state index contributed by atoms with van der Waals surface area (Å²) in [7, 11) is 0. The Labute approximate surface area is 103 Å². The zero-order valence-electron chi connectivity index (χ0n) is 10.4. The largest absolute Gasteiger partial charge is 0.491 e. The number of aliphatic hydroxyl groups is 1. The minimum Gasteiger partial charge on any atom is -0.491 e. The molecule has 3 heteroatoms. The zero-order chi connectivity index (χ0) is 12.1. The Hall–Kier alpha value is -1.06. The average Bonchev–Trinajstić information content (AvgIpc) is 2.26. The van der Waals surface area contributed by atoms with Crippen molar-refractivity contribution in [2.45, 2.75) is 38.3 Å². The summed E-state index contributed by atoms with van der Waals surface area (Å²) in [6.45, 7) is 2.98. The molecule has 1 aromatic carbocycles. The predicted octanol–water partition coefficient (Wildman–Crippen LogP) is 1.88. The quantitative estimate of drug-likeness (QED) is 0.791. The van der Waals surface area contributed by atoms with E-state index in [1.807, 2.05) is 31.2 Å².